The number of nitrogens with one attached hydrogen (secondary N) is 1. The van der Waals surface area contributed by atoms with Gasteiger partial charge in [0.15, 0.2) is 0 Å². The average Bonchev–Trinajstić information content (AvgIpc) is 3.61. The molecule has 3 aliphatic heterocycles. The predicted molar refractivity (Wildman–Crippen MR) is 161 cm³/mol. The van der Waals surface area contributed by atoms with Gasteiger partial charge in [-0.15, -0.1) is 0 Å². The first-order valence-electron chi connectivity index (χ1n) is 14.2. The van der Waals surface area contributed by atoms with Crippen molar-refractivity contribution in [3.63, 3.8) is 0 Å². The highest BCUT2D eigenvalue weighted by atomic mass is 15.3. The van der Waals surface area contributed by atoms with Crippen molar-refractivity contribution in [3.05, 3.63) is 95.7 Å². The maximum Gasteiger partial charge on any atom is 0.145 e. The minimum atomic E-state index is -0.0441. The molecule has 1 aliphatic carbocycles. The van der Waals surface area contributed by atoms with E-state index in [0.29, 0.717) is 11.4 Å². The van der Waals surface area contributed by atoms with Crippen molar-refractivity contribution in [1.82, 2.24) is 15.2 Å². The van der Waals surface area contributed by atoms with E-state index in [1.165, 1.54) is 18.4 Å². The number of fused-ring (bicyclic) bond motifs is 1. The van der Waals surface area contributed by atoms with Gasteiger partial charge in [-0.1, -0.05) is 62.4 Å². The second kappa shape index (κ2) is 10.8. The Balaban J connectivity index is 0.00000135. The largest absolute Gasteiger partial charge is 0.383 e. The van der Waals surface area contributed by atoms with E-state index in [-0.39, 0.29) is 6.04 Å². The van der Waals surface area contributed by atoms with Gasteiger partial charge in [0.2, 0.25) is 0 Å². The molecule has 1 saturated heterocycles. The number of aromatic nitrogens is 1. The van der Waals surface area contributed by atoms with Crippen molar-refractivity contribution < 1.29 is 0 Å². The third-order valence-electron chi connectivity index (χ3n) is 7.84. The fourth-order valence-electron chi connectivity index (χ4n) is 5.71. The van der Waals surface area contributed by atoms with Gasteiger partial charge < -0.3 is 11.1 Å². The Hall–Kier alpha value is -3.81. The van der Waals surface area contributed by atoms with E-state index in [0.717, 1.165) is 66.8 Å². The summed E-state index contributed by atoms with van der Waals surface area (Å²) < 4.78 is 0. The van der Waals surface area contributed by atoms with E-state index >= 15 is 0 Å². The predicted octanol–water partition coefficient (Wildman–Crippen LogP) is 5.11. The molecular formula is C32H37N7. The molecule has 1 aromatic heterocycles. The Labute approximate surface area is 231 Å². The molecule has 2 fully saturated rings. The van der Waals surface area contributed by atoms with Crippen LogP contribution in [0.5, 0.6) is 0 Å². The number of nitrogen functional groups attached to an aromatic ring is 1. The lowest BCUT2D eigenvalue weighted by molar-refractivity contribution is 0.182. The number of aliphatic imine (C=N–C) groups is 2. The summed E-state index contributed by atoms with van der Waals surface area (Å²) in [6, 6.07) is 23.1. The highest BCUT2D eigenvalue weighted by molar-refractivity contribution is 6.31. The number of benzene rings is 2. The average molecular weight is 520 g/mol. The van der Waals surface area contributed by atoms with Crippen molar-refractivity contribution >= 4 is 28.9 Å². The Morgan fingerprint density at radius 3 is 2.54 bits per heavy atom. The van der Waals surface area contributed by atoms with E-state index in [4.69, 9.17) is 15.7 Å². The lowest BCUT2D eigenvalue weighted by Gasteiger charge is -2.34. The number of piperazine rings is 1. The Morgan fingerprint density at radius 2 is 1.79 bits per heavy atom. The number of anilines is 2. The number of pyridine rings is 1. The second-order valence-corrected chi connectivity index (χ2v) is 10.5. The van der Waals surface area contributed by atoms with Crippen LogP contribution in [0.25, 0.3) is 5.70 Å². The molecule has 0 amide bonds. The summed E-state index contributed by atoms with van der Waals surface area (Å²) in [6.07, 6.45) is 7.31. The molecule has 1 atom stereocenters. The number of hydrogen-bond acceptors (Lipinski definition) is 7. The summed E-state index contributed by atoms with van der Waals surface area (Å²) in [6.45, 7) is 8.30. The first kappa shape index (κ1) is 25.5. The standard InChI is InChI=1S/C30H31N7.C2H6/c31-27-24(7-4-16-32-27)28-35-26-13-12-25(22-5-2-1-3-6-22)34-29(26)37(28)23-10-8-21(9-11-23)19-36-18-17-33-30(20-36)14-15-30;1-2/h1-12,16,26,33H,13-15,17-20H2,(H2,31,32);1-2H3. The topological polar surface area (TPSA) is 82.1 Å². The number of hydrogen-bond donors (Lipinski definition) is 2. The van der Waals surface area contributed by atoms with Gasteiger partial charge in [0, 0.05) is 43.6 Å². The van der Waals surface area contributed by atoms with Gasteiger partial charge in [0.1, 0.15) is 23.5 Å². The smallest absolute Gasteiger partial charge is 0.145 e. The number of amidine groups is 2. The molecule has 4 heterocycles. The van der Waals surface area contributed by atoms with Gasteiger partial charge in [0.25, 0.3) is 0 Å². The minimum Gasteiger partial charge on any atom is -0.383 e. The van der Waals surface area contributed by atoms with Crippen LogP contribution in [0.1, 0.15) is 49.8 Å². The van der Waals surface area contributed by atoms with E-state index in [2.05, 4.69) is 74.7 Å². The third kappa shape index (κ3) is 5.12. The minimum absolute atomic E-state index is 0.0441. The molecule has 7 nitrogen and oxygen atoms in total. The van der Waals surface area contributed by atoms with Crippen molar-refractivity contribution in [2.45, 2.75) is 51.2 Å². The molecule has 3 aromatic rings. The Bertz CT molecular complexity index is 1400. The van der Waals surface area contributed by atoms with Crippen LogP contribution in [-0.4, -0.2) is 52.8 Å². The number of nitrogens with zero attached hydrogens (tertiary/aromatic N) is 5. The second-order valence-electron chi connectivity index (χ2n) is 10.5. The fraction of sp³-hybridized carbons (Fsp3) is 0.344. The normalized spacial score (nSPS) is 21.3. The van der Waals surface area contributed by atoms with Gasteiger partial charge in [-0.05, 0) is 54.7 Å². The van der Waals surface area contributed by atoms with Crippen LogP contribution < -0.4 is 16.0 Å². The van der Waals surface area contributed by atoms with Gasteiger partial charge in [0.05, 0.1) is 11.3 Å². The first-order chi connectivity index (χ1) is 19.2. The summed E-state index contributed by atoms with van der Waals surface area (Å²) in [5.41, 5.74) is 12.0. The van der Waals surface area contributed by atoms with E-state index < -0.39 is 0 Å². The Kier molecular flexibility index (Phi) is 7.02. The van der Waals surface area contributed by atoms with Gasteiger partial charge in [-0.25, -0.2) is 9.98 Å². The van der Waals surface area contributed by atoms with Crippen LogP contribution >= 0.6 is 0 Å². The third-order valence-corrected chi connectivity index (χ3v) is 7.84. The summed E-state index contributed by atoms with van der Waals surface area (Å²) >= 11 is 0. The maximum atomic E-state index is 6.32. The van der Waals surface area contributed by atoms with Crippen LogP contribution in [0.15, 0.2) is 89.0 Å². The lowest BCUT2D eigenvalue weighted by Crippen LogP contribution is -2.51. The zero-order valence-electron chi connectivity index (χ0n) is 22.8. The molecule has 200 valence electrons. The summed E-state index contributed by atoms with van der Waals surface area (Å²) in [5.74, 6) is 2.22. The van der Waals surface area contributed by atoms with E-state index in [1.807, 2.05) is 32.0 Å². The fourth-order valence-corrected chi connectivity index (χ4v) is 5.71. The van der Waals surface area contributed by atoms with Gasteiger partial charge in [-0.2, -0.15) is 0 Å². The van der Waals surface area contributed by atoms with Crippen LogP contribution in [0.3, 0.4) is 0 Å². The molecule has 7 rings (SSSR count). The van der Waals surface area contributed by atoms with Crippen LogP contribution in [0, 0.1) is 0 Å². The number of nitrogens with two attached hydrogens (primary N) is 1. The molecule has 1 spiro atoms. The van der Waals surface area contributed by atoms with Crippen LogP contribution in [0.4, 0.5) is 11.5 Å². The zero-order valence-corrected chi connectivity index (χ0v) is 22.8. The molecule has 0 radical (unpaired) electrons. The lowest BCUT2D eigenvalue weighted by atomic mass is 10.0. The zero-order chi connectivity index (χ0) is 26.8. The van der Waals surface area contributed by atoms with Crippen molar-refractivity contribution in [1.29, 1.82) is 0 Å². The van der Waals surface area contributed by atoms with Gasteiger partial charge >= 0.3 is 0 Å². The SMILES string of the molecule is CC.Nc1ncccc1C1=NC2CC=C(c3ccccc3)N=C2N1c1ccc(CN2CCNC3(CC3)C2)cc1. The van der Waals surface area contributed by atoms with Crippen molar-refractivity contribution in [2.75, 3.05) is 30.3 Å². The quantitative estimate of drug-likeness (QED) is 0.490. The Morgan fingerprint density at radius 1 is 1.00 bits per heavy atom. The van der Waals surface area contributed by atoms with Gasteiger partial charge in [-0.3, -0.25) is 14.8 Å². The molecular weight excluding hydrogens is 482 g/mol. The molecule has 2 aromatic carbocycles. The molecule has 0 bridgehead atoms. The van der Waals surface area contributed by atoms with Crippen LogP contribution in [-0.2, 0) is 6.54 Å². The molecule has 1 unspecified atom stereocenters. The molecule has 4 aliphatic rings. The van der Waals surface area contributed by atoms with Crippen molar-refractivity contribution in [2.24, 2.45) is 9.98 Å². The van der Waals surface area contributed by atoms with Crippen LogP contribution in [0.2, 0.25) is 0 Å². The summed E-state index contributed by atoms with van der Waals surface area (Å²) in [4.78, 5) is 19.3. The highest BCUT2D eigenvalue weighted by Crippen LogP contribution is 2.38. The maximum absolute atomic E-state index is 6.32. The molecule has 3 N–H and O–H groups in total. The highest BCUT2D eigenvalue weighted by Gasteiger charge is 2.45. The first-order valence-corrected chi connectivity index (χ1v) is 14.2. The molecule has 39 heavy (non-hydrogen) atoms. The van der Waals surface area contributed by atoms with E-state index in [1.54, 1.807) is 6.20 Å². The molecule has 7 heteroatoms. The number of rotatable bonds is 5. The monoisotopic (exact) mass is 519 g/mol. The summed E-state index contributed by atoms with van der Waals surface area (Å²) in [7, 11) is 0. The molecule has 1 saturated carbocycles. The van der Waals surface area contributed by atoms with Crippen molar-refractivity contribution in [3.8, 4) is 0 Å². The summed E-state index contributed by atoms with van der Waals surface area (Å²) in [5, 5.41) is 3.70. The van der Waals surface area contributed by atoms with E-state index in [9.17, 15) is 0 Å².